The molecule has 2 amide bonds. The standard InChI is InChI=1S/C14H16Cl2N2O3/c15-9-1-2-11(12(16)7-9)14(21)17-8-13(20)18-5-3-10(19)4-6-18/h1-2,7,10,19H,3-6,8H2,(H,17,21). The van der Waals surface area contributed by atoms with E-state index >= 15 is 0 Å². The summed E-state index contributed by atoms with van der Waals surface area (Å²) < 4.78 is 0. The van der Waals surface area contributed by atoms with Crippen LogP contribution in [0.15, 0.2) is 18.2 Å². The summed E-state index contributed by atoms with van der Waals surface area (Å²) >= 11 is 11.7. The number of likely N-dealkylation sites (tertiary alicyclic amines) is 1. The maximum absolute atomic E-state index is 12.0. The zero-order valence-corrected chi connectivity index (χ0v) is 12.8. The fourth-order valence-corrected chi connectivity index (χ4v) is 2.65. The van der Waals surface area contributed by atoms with Crippen LogP contribution in [0.3, 0.4) is 0 Å². The SMILES string of the molecule is O=C(NCC(=O)N1CCC(O)CC1)c1ccc(Cl)cc1Cl. The molecule has 2 N–H and O–H groups in total. The Morgan fingerprint density at radius 2 is 1.95 bits per heavy atom. The molecule has 1 aromatic carbocycles. The molecule has 0 radical (unpaired) electrons. The molecule has 1 aliphatic rings. The van der Waals surface area contributed by atoms with E-state index in [1.165, 1.54) is 12.1 Å². The van der Waals surface area contributed by atoms with Gasteiger partial charge in [0.15, 0.2) is 0 Å². The van der Waals surface area contributed by atoms with Gasteiger partial charge in [-0.3, -0.25) is 9.59 Å². The van der Waals surface area contributed by atoms with E-state index in [1.54, 1.807) is 11.0 Å². The molecule has 1 saturated heterocycles. The molecule has 0 aromatic heterocycles. The molecule has 1 heterocycles. The number of nitrogens with one attached hydrogen (secondary N) is 1. The van der Waals surface area contributed by atoms with Gasteiger partial charge in [0.05, 0.1) is 23.2 Å². The second-order valence-corrected chi connectivity index (χ2v) is 5.76. The van der Waals surface area contributed by atoms with Gasteiger partial charge in [0.1, 0.15) is 0 Å². The zero-order chi connectivity index (χ0) is 15.4. The second kappa shape index (κ2) is 7.11. The first-order valence-electron chi connectivity index (χ1n) is 6.66. The van der Waals surface area contributed by atoms with Crippen molar-refractivity contribution in [2.24, 2.45) is 0 Å². The highest BCUT2D eigenvalue weighted by Crippen LogP contribution is 2.20. The third kappa shape index (κ3) is 4.33. The van der Waals surface area contributed by atoms with Crippen LogP contribution in [0.5, 0.6) is 0 Å². The zero-order valence-electron chi connectivity index (χ0n) is 11.3. The normalized spacial score (nSPS) is 15.9. The highest BCUT2D eigenvalue weighted by Gasteiger charge is 2.21. The Morgan fingerprint density at radius 1 is 1.29 bits per heavy atom. The van der Waals surface area contributed by atoms with Crippen LogP contribution in [0.2, 0.25) is 10.0 Å². The van der Waals surface area contributed by atoms with Gasteiger partial charge in [-0.1, -0.05) is 23.2 Å². The summed E-state index contributed by atoms with van der Waals surface area (Å²) in [5, 5.41) is 12.6. The van der Waals surface area contributed by atoms with Crippen LogP contribution in [0.4, 0.5) is 0 Å². The molecule has 1 aliphatic heterocycles. The lowest BCUT2D eigenvalue weighted by Crippen LogP contribution is -2.45. The molecule has 7 heteroatoms. The molecule has 5 nitrogen and oxygen atoms in total. The van der Waals surface area contributed by atoms with E-state index in [-0.39, 0.29) is 29.1 Å². The third-order valence-corrected chi connectivity index (χ3v) is 3.94. The predicted molar refractivity (Wildman–Crippen MR) is 80.6 cm³/mol. The monoisotopic (exact) mass is 330 g/mol. The molecule has 2 rings (SSSR count). The van der Waals surface area contributed by atoms with E-state index in [0.717, 1.165) is 0 Å². The van der Waals surface area contributed by atoms with Crippen molar-refractivity contribution < 1.29 is 14.7 Å². The van der Waals surface area contributed by atoms with E-state index < -0.39 is 5.91 Å². The molecule has 0 aliphatic carbocycles. The summed E-state index contributed by atoms with van der Waals surface area (Å²) in [7, 11) is 0. The van der Waals surface area contributed by atoms with Crippen molar-refractivity contribution in [3.05, 3.63) is 33.8 Å². The summed E-state index contributed by atoms with van der Waals surface area (Å²) in [6.07, 6.45) is 0.808. The van der Waals surface area contributed by atoms with Gasteiger partial charge in [-0.15, -0.1) is 0 Å². The van der Waals surface area contributed by atoms with E-state index in [1.807, 2.05) is 0 Å². The van der Waals surface area contributed by atoms with Crippen LogP contribution in [0, 0.1) is 0 Å². The molecule has 0 bridgehead atoms. The average Bonchev–Trinajstić information content (AvgIpc) is 2.45. The van der Waals surface area contributed by atoms with Crippen LogP contribution >= 0.6 is 23.2 Å². The highest BCUT2D eigenvalue weighted by molar-refractivity contribution is 6.36. The quantitative estimate of drug-likeness (QED) is 0.886. The summed E-state index contributed by atoms with van der Waals surface area (Å²) in [6, 6.07) is 4.56. The number of hydrogen-bond donors (Lipinski definition) is 2. The van der Waals surface area contributed by atoms with Gasteiger partial charge < -0.3 is 15.3 Å². The second-order valence-electron chi connectivity index (χ2n) is 4.92. The fraction of sp³-hybridized carbons (Fsp3) is 0.429. The molecule has 0 spiro atoms. The van der Waals surface area contributed by atoms with Crippen molar-refractivity contribution in [1.82, 2.24) is 10.2 Å². The van der Waals surface area contributed by atoms with Crippen LogP contribution in [0.1, 0.15) is 23.2 Å². The molecular weight excluding hydrogens is 315 g/mol. The first-order valence-corrected chi connectivity index (χ1v) is 7.42. The Labute approximate surface area is 132 Å². The number of rotatable bonds is 3. The van der Waals surface area contributed by atoms with Gasteiger partial charge in [-0.05, 0) is 31.0 Å². The van der Waals surface area contributed by atoms with Crippen molar-refractivity contribution in [1.29, 1.82) is 0 Å². The number of aliphatic hydroxyl groups excluding tert-OH is 1. The van der Waals surface area contributed by atoms with Crippen molar-refractivity contribution in [2.45, 2.75) is 18.9 Å². The van der Waals surface area contributed by atoms with Crippen LogP contribution in [-0.2, 0) is 4.79 Å². The van der Waals surface area contributed by atoms with Gasteiger partial charge in [0.25, 0.3) is 5.91 Å². The van der Waals surface area contributed by atoms with Gasteiger partial charge in [0.2, 0.25) is 5.91 Å². The number of benzene rings is 1. The molecule has 114 valence electrons. The molecular formula is C14H16Cl2N2O3. The van der Waals surface area contributed by atoms with E-state index in [2.05, 4.69) is 5.32 Å². The van der Waals surface area contributed by atoms with Crippen molar-refractivity contribution in [3.8, 4) is 0 Å². The Balaban J connectivity index is 1.87. The highest BCUT2D eigenvalue weighted by atomic mass is 35.5. The summed E-state index contributed by atoms with van der Waals surface area (Å²) in [5.74, 6) is -0.581. The lowest BCUT2D eigenvalue weighted by Gasteiger charge is -2.29. The Morgan fingerprint density at radius 3 is 2.57 bits per heavy atom. The molecule has 1 fully saturated rings. The van der Waals surface area contributed by atoms with E-state index in [0.29, 0.717) is 31.0 Å². The predicted octanol–water partition coefficient (Wildman–Crippen LogP) is 1.71. The maximum atomic E-state index is 12.0. The van der Waals surface area contributed by atoms with Crippen molar-refractivity contribution in [3.63, 3.8) is 0 Å². The number of carbonyl (C=O) groups is 2. The van der Waals surface area contributed by atoms with Crippen LogP contribution < -0.4 is 5.32 Å². The number of halogens is 2. The summed E-state index contributed by atoms with van der Waals surface area (Å²) in [5.41, 5.74) is 0.280. The third-order valence-electron chi connectivity index (χ3n) is 3.39. The summed E-state index contributed by atoms with van der Waals surface area (Å²) in [4.78, 5) is 25.6. The van der Waals surface area contributed by atoms with Gasteiger partial charge >= 0.3 is 0 Å². The number of carbonyl (C=O) groups excluding carboxylic acids is 2. The van der Waals surface area contributed by atoms with Gasteiger partial charge in [0, 0.05) is 18.1 Å². The maximum Gasteiger partial charge on any atom is 0.253 e. The molecule has 0 saturated carbocycles. The minimum atomic E-state index is -0.415. The van der Waals surface area contributed by atoms with Crippen molar-refractivity contribution >= 4 is 35.0 Å². The Hall–Kier alpha value is -1.30. The first kappa shape index (κ1) is 16.1. The fourth-order valence-electron chi connectivity index (χ4n) is 2.15. The van der Waals surface area contributed by atoms with E-state index in [9.17, 15) is 14.7 Å². The lowest BCUT2D eigenvalue weighted by molar-refractivity contribution is -0.132. The number of amides is 2. The topological polar surface area (TPSA) is 69.6 Å². The smallest absolute Gasteiger partial charge is 0.253 e. The molecule has 0 atom stereocenters. The van der Waals surface area contributed by atoms with Crippen molar-refractivity contribution in [2.75, 3.05) is 19.6 Å². The molecule has 0 unspecified atom stereocenters. The van der Waals surface area contributed by atoms with Crippen LogP contribution in [-0.4, -0.2) is 47.6 Å². The average molecular weight is 331 g/mol. The number of nitrogens with zero attached hydrogens (tertiary/aromatic N) is 1. The number of piperidine rings is 1. The van der Waals surface area contributed by atoms with E-state index in [4.69, 9.17) is 23.2 Å². The first-order chi connectivity index (χ1) is 9.97. The Kier molecular flexibility index (Phi) is 5.45. The Bertz CT molecular complexity index is 543. The lowest BCUT2D eigenvalue weighted by atomic mass is 10.1. The number of aliphatic hydroxyl groups is 1. The molecule has 1 aromatic rings. The van der Waals surface area contributed by atoms with Crippen LogP contribution in [0.25, 0.3) is 0 Å². The van der Waals surface area contributed by atoms with Gasteiger partial charge in [-0.2, -0.15) is 0 Å². The van der Waals surface area contributed by atoms with Gasteiger partial charge in [-0.25, -0.2) is 0 Å². The minimum Gasteiger partial charge on any atom is -0.393 e. The summed E-state index contributed by atoms with van der Waals surface area (Å²) in [6.45, 7) is 0.934. The molecule has 21 heavy (non-hydrogen) atoms. The largest absolute Gasteiger partial charge is 0.393 e. The number of hydrogen-bond acceptors (Lipinski definition) is 3. The minimum absolute atomic E-state index is 0.0894.